The maximum atomic E-state index is 12.3. The summed E-state index contributed by atoms with van der Waals surface area (Å²) in [5.41, 5.74) is 0.510. The van der Waals surface area contributed by atoms with E-state index >= 15 is 0 Å². The highest BCUT2D eigenvalue weighted by molar-refractivity contribution is 5.96. The standard InChI is InChI=1S/C19H22N6O2/c1-13-23-17(12-18(24-13)25-11-10-20-14(25)2)21-8-9-22-19(26)15-6-4-5-7-16(15)27-3/h4-7,10-12H,8-9H2,1-3H3,(H,22,26)(H,21,23,24). The smallest absolute Gasteiger partial charge is 0.255 e. The number of carbonyl (C=O) groups excluding carboxylic acids is 1. The molecule has 1 aromatic carbocycles. The summed E-state index contributed by atoms with van der Waals surface area (Å²) >= 11 is 0. The predicted octanol–water partition coefficient (Wildman–Crippen LogP) is 2.13. The molecular formula is C19H22N6O2. The fraction of sp³-hybridized carbons (Fsp3) is 0.263. The van der Waals surface area contributed by atoms with E-state index in [1.54, 1.807) is 31.5 Å². The lowest BCUT2D eigenvalue weighted by molar-refractivity contribution is 0.0952. The molecule has 0 aliphatic heterocycles. The number of benzene rings is 1. The molecule has 27 heavy (non-hydrogen) atoms. The van der Waals surface area contributed by atoms with E-state index in [9.17, 15) is 4.79 Å². The first kappa shape index (κ1) is 18.4. The van der Waals surface area contributed by atoms with Crippen LogP contribution in [0.15, 0.2) is 42.7 Å². The lowest BCUT2D eigenvalue weighted by atomic mass is 10.2. The summed E-state index contributed by atoms with van der Waals surface area (Å²) in [5, 5.41) is 6.08. The quantitative estimate of drug-likeness (QED) is 0.622. The average molecular weight is 366 g/mol. The van der Waals surface area contributed by atoms with Crippen molar-refractivity contribution in [1.82, 2.24) is 24.8 Å². The van der Waals surface area contributed by atoms with E-state index in [0.717, 1.165) is 11.6 Å². The molecule has 0 spiro atoms. The van der Waals surface area contributed by atoms with Crippen LogP contribution in [0.2, 0.25) is 0 Å². The number of methoxy groups -OCH3 is 1. The second-order valence-electron chi connectivity index (χ2n) is 5.89. The van der Waals surface area contributed by atoms with Gasteiger partial charge in [-0.15, -0.1) is 0 Å². The molecule has 0 unspecified atom stereocenters. The molecule has 8 heteroatoms. The van der Waals surface area contributed by atoms with Gasteiger partial charge < -0.3 is 15.4 Å². The number of ether oxygens (including phenoxy) is 1. The van der Waals surface area contributed by atoms with Crippen LogP contribution < -0.4 is 15.4 Å². The first-order chi connectivity index (χ1) is 13.1. The molecule has 140 valence electrons. The molecule has 0 aliphatic carbocycles. The topological polar surface area (TPSA) is 94.0 Å². The van der Waals surface area contributed by atoms with Crippen molar-refractivity contribution in [3.05, 3.63) is 59.9 Å². The minimum Gasteiger partial charge on any atom is -0.496 e. The van der Waals surface area contributed by atoms with Crippen LogP contribution in [0.3, 0.4) is 0 Å². The van der Waals surface area contributed by atoms with Gasteiger partial charge in [-0.25, -0.2) is 15.0 Å². The largest absolute Gasteiger partial charge is 0.496 e. The summed E-state index contributed by atoms with van der Waals surface area (Å²) in [7, 11) is 1.55. The summed E-state index contributed by atoms with van der Waals surface area (Å²) in [5.74, 6) is 3.32. The number of nitrogens with zero attached hydrogens (tertiary/aromatic N) is 4. The molecule has 0 saturated carbocycles. The van der Waals surface area contributed by atoms with Crippen molar-refractivity contribution in [3.63, 3.8) is 0 Å². The van der Waals surface area contributed by atoms with Gasteiger partial charge in [0.15, 0.2) is 0 Å². The number of imidazole rings is 1. The number of anilines is 1. The molecule has 3 rings (SSSR count). The van der Waals surface area contributed by atoms with Crippen molar-refractivity contribution in [2.75, 3.05) is 25.5 Å². The van der Waals surface area contributed by atoms with Gasteiger partial charge in [-0.05, 0) is 26.0 Å². The van der Waals surface area contributed by atoms with Gasteiger partial charge in [-0.1, -0.05) is 12.1 Å². The Labute approximate surface area is 157 Å². The van der Waals surface area contributed by atoms with E-state index in [4.69, 9.17) is 4.74 Å². The summed E-state index contributed by atoms with van der Waals surface area (Å²) in [6, 6.07) is 8.97. The monoisotopic (exact) mass is 366 g/mol. The third kappa shape index (κ3) is 4.41. The number of amides is 1. The van der Waals surface area contributed by atoms with Crippen molar-refractivity contribution in [3.8, 4) is 11.6 Å². The maximum Gasteiger partial charge on any atom is 0.255 e. The van der Waals surface area contributed by atoms with Crippen LogP contribution in [0.4, 0.5) is 5.82 Å². The van der Waals surface area contributed by atoms with Gasteiger partial charge in [0.2, 0.25) is 0 Å². The summed E-state index contributed by atoms with van der Waals surface area (Å²) in [6.45, 7) is 4.72. The molecular weight excluding hydrogens is 344 g/mol. The van der Waals surface area contributed by atoms with Gasteiger partial charge in [0.05, 0.1) is 12.7 Å². The molecule has 0 radical (unpaired) electrons. The van der Waals surface area contributed by atoms with Gasteiger partial charge in [-0.2, -0.15) is 0 Å². The zero-order valence-electron chi connectivity index (χ0n) is 15.6. The molecule has 2 N–H and O–H groups in total. The predicted molar refractivity (Wildman–Crippen MR) is 102 cm³/mol. The molecule has 2 aromatic heterocycles. The van der Waals surface area contributed by atoms with Gasteiger partial charge in [0, 0.05) is 31.5 Å². The molecule has 0 aliphatic rings. The number of hydrogen-bond donors (Lipinski definition) is 2. The highest BCUT2D eigenvalue weighted by Crippen LogP contribution is 2.16. The number of nitrogens with one attached hydrogen (secondary N) is 2. The third-order valence-corrected chi connectivity index (χ3v) is 3.97. The van der Waals surface area contributed by atoms with Crippen LogP contribution in [0.5, 0.6) is 5.75 Å². The lowest BCUT2D eigenvalue weighted by Gasteiger charge is -2.11. The zero-order valence-corrected chi connectivity index (χ0v) is 15.6. The lowest BCUT2D eigenvalue weighted by Crippen LogP contribution is -2.29. The molecule has 0 bridgehead atoms. The van der Waals surface area contributed by atoms with Crippen LogP contribution in [0.1, 0.15) is 22.0 Å². The number of carbonyl (C=O) groups is 1. The molecule has 3 aromatic rings. The molecule has 1 amide bonds. The fourth-order valence-electron chi connectivity index (χ4n) is 2.68. The molecule has 0 saturated heterocycles. The first-order valence-corrected chi connectivity index (χ1v) is 8.59. The van der Waals surface area contributed by atoms with Gasteiger partial charge in [-0.3, -0.25) is 9.36 Å². The van der Waals surface area contributed by atoms with E-state index < -0.39 is 0 Å². The van der Waals surface area contributed by atoms with Crippen molar-refractivity contribution < 1.29 is 9.53 Å². The highest BCUT2D eigenvalue weighted by Gasteiger charge is 2.11. The Morgan fingerprint density at radius 3 is 2.74 bits per heavy atom. The van der Waals surface area contributed by atoms with E-state index in [1.807, 2.05) is 36.7 Å². The summed E-state index contributed by atoms with van der Waals surface area (Å²) < 4.78 is 7.10. The summed E-state index contributed by atoms with van der Waals surface area (Å²) in [4.78, 5) is 25.3. The molecule has 0 fully saturated rings. The van der Waals surface area contributed by atoms with E-state index in [-0.39, 0.29) is 5.91 Å². The minimum absolute atomic E-state index is 0.178. The van der Waals surface area contributed by atoms with Crippen molar-refractivity contribution in [2.24, 2.45) is 0 Å². The van der Waals surface area contributed by atoms with Gasteiger partial charge >= 0.3 is 0 Å². The number of para-hydroxylation sites is 1. The Kier molecular flexibility index (Phi) is 5.65. The number of rotatable bonds is 7. The van der Waals surface area contributed by atoms with Crippen LogP contribution in [-0.4, -0.2) is 45.6 Å². The third-order valence-electron chi connectivity index (χ3n) is 3.97. The van der Waals surface area contributed by atoms with Crippen LogP contribution in [-0.2, 0) is 0 Å². The van der Waals surface area contributed by atoms with Crippen LogP contribution in [0.25, 0.3) is 5.82 Å². The SMILES string of the molecule is COc1ccccc1C(=O)NCCNc1cc(-n2ccnc2C)nc(C)n1. The first-order valence-electron chi connectivity index (χ1n) is 8.59. The van der Waals surface area contributed by atoms with E-state index in [1.165, 1.54) is 0 Å². The Morgan fingerprint density at radius 1 is 1.19 bits per heavy atom. The molecule has 2 heterocycles. The fourth-order valence-corrected chi connectivity index (χ4v) is 2.68. The Balaban J connectivity index is 1.59. The zero-order chi connectivity index (χ0) is 19.2. The number of hydrogen-bond acceptors (Lipinski definition) is 6. The highest BCUT2D eigenvalue weighted by atomic mass is 16.5. The molecule has 8 nitrogen and oxygen atoms in total. The molecule has 0 atom stereocenters. The van der Waals surface area contributed by atoms with Crippen LogP contribution >= 0.6 is 0 Å². The van der Waals surface area contributed by atoms with E-state index in [2.05, 4.69) is 25.6 Å². The Hall–Kier alpha value is -3.42. The number of aryl methyl sites for hydroxylation is 2. The van der Waals surface area contributed by atoms with Crippen molar-refractivity contribution in [1.29, 1.82) is 0 Å². The van der Waals surface area contributed by atoms with Crippen molar-refractivity contribution >= 4 is 11.7 Å². The van der Waals surface area contributed by atoms with E-state index in [0.29, 0.717) is 36.0 Å². The van der Waals surface area contributed by atoms with Crippen LogP contribution in [0, 0.1) is 13.8 Å². The van der Waals surface area contributed by atoms with Crippen molar-refractivity contribution in [2.45, 2.75) is 13.8 Å². The Morgan fingerprint density at radius 2 is 2.00 bits per heavy atom. The second kappa shape index (κ2) is 8.31. The van der Waals surface area contributed by atoms with Gasteiger partial charge in [0.25, 0.3) is 5.91 Å². The summed E-state index contributed by atoms with van der Waals surface area (Å²) in [6.07, 6.45) is 3.58. The Bertz CT molecular complexity index is 937. The maximum absolute atomic E-state index is 12.3. The van der Waals surface area contributed by atoms with Gasteiger partial charge in [0.1, 0.15) is 29.0 Å². The minimum atomic E-state index is -0.178. The normalized spacial score (nSPS) is 10.5. The average Bonchev–Trinajstić information content (AvgIpc) is 3.10. The number of aromatic nitrogens is 4. The second-order valence-corrected chi connectivity index (χ2v) is 5.89.